The van der Waals surface area contributed by atoms with Gasteiger partial charge in [0.05, 0.1) is 18.8 Å². The SMILES string of the molecule is COCC(C)(CCO)NCc1nnnn1-c1c(C)cccc1C. The third kappa shape index (κ3) is 4.13. The van der Waals surface area contributed by atoms with Gasteiger partial charge in [-0.25, -0.2) is 0 Å². The van der Waals surface area contributed by atoms with Crippen molar-refractivity contribution in [1.29, 1.82) is 0 Å². The van der Waals surface area contributed by atoms with E-state index in [0.717, 1.165) is 22.6 Å². The van der Waals surface area contributed by atoms with Crippen LogP contribution >= 0.6 is 0 Å². The van der Waals surface area contributed by atoms with Gasteiger partial charge in [-0.2, -0.15) is 4.68 Å². The van der Waals surface area contributed by atoms with Gasteiger partial charge in [-0.05, 0) is 48.7 Å². The van der Waals surface area contributed by atoms with Crippen LogP contribution in [0.5, 0.6) is 0 Å². The quantitative estimate of drug-likeness (QED) is 0.759. The molecule has 7 heteroatoms. The zero-order valence-corrected chi connectivity index (χ0v) is 14.2. The van der Waals surface area contributed by atoms with Crippen LogP contribution in [0.4, 0.5) is 0 Å². The van der Waals surface area contributed by atoms with E-state index in [4.69, 9.17) is 4.74 Å². The third-order valence-electron chi connectivity index (χ3n) is 3.99. The van der Waals surface area contributed by atoms with Gasteiger partial charge >= 0.3 is 0 Å². The molecule has 1 aromatic heterocycles. The molecule has 0 amide bonds. The van der Waals surface area contributed by atoms with Crippen molar-refractivity contribution in [2.45, 2.75) is 39.3 Å². The molecule has 0 aliphatic rings. The molecule has 0 radical (unpaired) electrons. The normalized spacial score (nSPS) is 14.0. The minimum absolute atomic E-state index is 0.0920. The highest BCUT2D eigenvalue weighted by Gasteiger charge is 2.24. The average molecular weight is 319 g/mol. The lowest BCUT2D eigenvalue weighted by Crippen LogP contribution is -2.47. The summed E-state index contributed by atoms with van der Waals surface area (Å²) in [5.74, 6) is 0.725. The van der Waals surface area contributed by atoms with Gasteiger partial charge < -0.3 is 15.2 Å². The van der Waals surface area contributed by atoms with Gasteiger partial charge in [0.15, 0.2) is 5.82 Å². The molecule has 0 bridgehead atoms. The molecule has 7 nitrogen and oxygen atoms in total. The average Bonchev–Trinajstić information content (AvgIpc) is 2.94. The molecule has 2 aromatic rings. The number of nitrogens with zero attached hydrogens (tertiary/aromatic N) is 4. The molecule has 1 unspecified atom stereocenters. The fourth-order valence-corrected chi connectivity index (χ4v) is 2.70. The number of ether oxygens (including phenoxy) is 1. The summed E-state index contributed by atoms with van der Waals surface area (Å²) in [6.45, 7) is 7.18. The van der Waals surface area contributed by atoms with Crippen molar-refractivity contribution >= 4 is 0 Å². The molecule has 126 valence electrons. The molecule has 0 saturated carbocycles. The maximum absolute atomic E-state index is 9.25. The fraction of sp³-hybridized carbons (Fsp3) is 0.562. The maximum Gasteiger partial charge on any atom is 0.170 e. The standard InChI is InChI=1S/C16H25N5O2/c1-12-6-5-7-13(2)15(12)21-14(18-19-20-21)10-17-16(3,8-9-22)11-23-4/h5-7,17,22H,8-11H2,1-4H3. The number of hydrogen-bond donors (Lipinski definition) is 2. The van der Waals surface area contributed by atoms with Gasteiger partial charge in [-0.15, -0.1) is 5.10 Å². The monoisotopic (exact) mass is 319 g/mol. The zero-order valence-electron chi connectivity index (χ0n) is 14.2. The van der Waals surface area contributed by atoms with E-state index in [1.54, 1.807) is 11.8 Å². The van der Waals surface area contributed by atoms with Crippen molar-refractivity contribution in [2.75, 3.05) is 20.3 Å². The molecule has 1 heterocycles. The van der Waals surface area contributed by atoms with Crippen molar-refractivity contribution in [1.82, 2.24) is 25.5 Å². The highest BCUT2D eigenvalue weighted by molar-refractivity contribution is 5.46. The van der Waals surface area contributed by atoms with Crippen LogP contribution in [0.25, 0.3) is 5.69 Å². The molecule has 0 aliphatic heterocycles. The van der Waals surface area contributed by atoms with Crippen molar-refractivity contribution in [2.24, 2.45) is 0 Å². The summed E-state index contributed by atoms with van der Waals surface area (Å²) in [5.41, 5.74) is 2.91. The summed E-state index contributed by atoms with van der Waals surface area (Å²) in [7, 11) is 1.65. The Morgan fingerprint density at radius 2 is 2.00 bits per heavy atom. The van der Waals surface area contributed by atoms with E-state index in [0.29, 0.717) is 19.6 Å². The van der Waals surface area contributed by atoms with E-state index in [1.165, 1.54) is 0 Å². The molecular weight excluding hydrogens is 294 g/mol. The summed E-state index contributed by atoms with van der Waals surface area (Å²) < 4.78 is 7.02. The molecule has 23 heavy (non-hydrogen) atoms. The molecule has 0 fully saturated rings. The second kappa shape index (κ2) is 7.63. The number of aryl methyl sites for hydroxylation is 2. The Hall–Kier alpha value is -1.83. The first-order valence-electron chi connectivity index (χ1n) is 7.69. The Bertz CT molecular complexity index is 615. The van der Waals surface area contributed by atoms with E-state index in [9.17, 15) is 5.11 Å². The van der Waals surface area contributed by atoms with Gasteiger partial charge in [0.25, 0.3) is 0 Å². The van der Waals surface area contributed by atoms with Crippen LogP contribution in [0.1, 0.15) is 30.3 Å². The number of benzene rings is 1. The van der Waals surface area contributed by atoms with Crippen LogP contribution in [0.3, 0.4) is 0 Å². The first-order valence-corrected chi connectivity index (χ1v) is 7.69. The van der Waals surface area contributed by atoms with Crippen LogP contribution in [-0.2, 0) is 11.3 Å². The van der Waals surface area contributed by atoms with Crippen LogP contribution in [0, 0.1) is 13.8 Å². The molecule has 1 aromatic carbocycles. The highest BCUT2D eigenvalue weighted by Crippen LogP contribution is 2.19. The second-order valence-electron chi connectivity index (χ2n) is 6.07. The van der Waals surface area contributed by atoms with Crippen LogP contribution < -0.4 is 5.32 Å². The Morgan fingerprint density at radius 3 is 2.61 bits per heavy atom. The summed E-state index contributed by atoms with van der Waals surface area (Å²) >= 11 is 0. The van der Waals surface area contributed by atoms with E-state index in [1.807, 2.05) is 39.0 Å². The van der Waals surface area contributed by atoms with E-state index in [-0.39, 0.29) is 12.1 Å². The summed E-state index contributed by atoms with van der Waals surface area (Å²) in [4.78, 5) is 0. The van der Waals surface area contributed by atoms with Crippen molar-refractivity contribution in [3.05, 3.63) is 35.2 Å². The number of para-hydroxylation sites is 1. The Balaban J connectivity index is 2.22. The number of nitrogens with one attached hydrogen (secondary N) is 1. The van der Waals surface area contributed by atoms with Crippen LogP contribution in [0.2, 0.25) is 0 Å². The number of methoxy groups -OCH3 is 1. The lowest BCUT2D eigenvalue weighted by molar-refractivity contribution is 0.0963. The van der Waals surface area contributed by atoms with Crippen LogP contribution in [0.15, 0.2) is 18.2 Å². The van der Waals surface area contributed by atoms with Gasteiger partial charge in [0, 0.05) is 19.3 Å². The Labute approximate surface area is 136 Å². The molecule has 1 atom stereocenters. The summed E-state index contributed by atoms with van der Waals surface area (Å²) in [5, 5.41) is 24.7. The van der Waals surface area contributed by atoms with Gasteiger partial charge in [0.1, 0.15) is 0 Å². The fourth-order valence-electron chi connectivity index (χ4n) is 2.70. The molecule has 2 N–H and O–H groups in total. The van der Waals surface area contributed by atoms with Gasteiger partial charge in [-0.1, -0.05) is 18.2 Å². The molecule has 0 spiro atoms. The van der Waals surface area contributed by atoms with E-state index < -0.39 is 0 Å². The molecular formula is C16H25N5O2. The zero-order chi connectivity index (χ0) is 16.9. The first kappa shape index (κ1) is 17.5. The number of tetrazole rings is 1. The highest BCUT2D eigenvalue weighted by atomic mass is 16.5. The number of aliphatic hydroxyl groups is 1. The smallest absolute Gasteiger partial charge is 0.170 e. The van der Waals surface area contributed by atoms with Gasteiger partial charge in [-0.3, -0.25) is 0 Å². The summed E-state index contributed by atoms with van der Waals surface area (Å²) in [6, 6.07) is 6.11. The number of aliphatic hydroxyl groups excluding tert-OH is 1. The molecule has 0 aliphatic carbocycles. The minimum Gasteiger partial charge on any atom is -0.396 e. The van der Waals surface area contributed by atoms with Crippen LogP contribution in [-0.4, -0.2) is 51.2 Å². The second-order valence-corrected chi connectivity index (χ2v) is 6.07. The Kier molecular flexibility index (Phi) is 5.81. The van der Waals surface area contributed by atoms with Crippen molar-refractivity contribution < 1.29 is 9.84 Å². The number of aromatic nitrogens is 4. The maximum atomic E-state index is 9.25. The lowest BCUT2D eigenvalue weighted by Gasteiger charge is -2.29. The molecule has 2 rings (SSSR count). The van der Waals surface area contributed by atoms with E-state index in [2.05, 4.69) is 20.8 Å². The minimum atomic E-state index is -0.332. The first-order chi connectivity index (χ1) is 11.0. The predicted octanol–water partition coefficient (Wildman–Crippen LogP) is 1.16. The third-order valence-corrected chi connectivity index (χ3v) is 3.99. The van der Waals surface area contributed by atoms with Crippen molar-refractivity contribution in [3.8, 4) is 5.69 Å². The number of rotatable bonds is 8. The summed E-state index contributed by atoms with van der Waals surface area (Å²) in [6.07, 6.45) is 0.589. The largest absolute Gasteiger partial charge is 0.396 e. The predicted molar refractivity (Wildman–Crippen MR) is 87.5 cm³/mol. The van der Waals surface area contributed by atoms with Gasteiger partial charge in [0.2, 0.25) is 0 Å². The molecule has 0 saturated heterocycles. The Morgan fingerprint density at radius 1 is 1.30 bits per heavy atom. The lowest BCUT2D eigenvalue weighted by atomic mass is 9.99. The number of hydrogen-bond acceptors (Lipinski definition) is 6. The van der Waals surface area contributed by atoms with Crippen molar-refractivity contribution in [3.63, 3.8) is 0 Å². The topological polar surface area (TPSA) is 85.1 Å². The van der Waals surface area contributed by atoms with E-state index >= 15 is 0 Å².